The molecule has 0 radical (unpaired) electrons. The van der Waals surface area contributed by atoms with Crippen molar-refractivity contribution < 1.29 is 4.79 Å². The van der Waals surface area contributed by atoms with Gasteiger partial charge in [0.2, 0.25) is 0 Å². The molecule has 0 aromatic heterocycles. The summed E-state index contributed by atoms with van der Waals surface area (Å²) in [6.45, 7) is 3.17. The van der Waals surface area contributed by atoms with Crippen molar-refractivity contribution in [3.63, 3.8) is 0 Å². The Morgan fingerprint density at radius 2 is 2.06 bits per heavy atom. The number of carbonyl (C=O) groups is 1. The smallest absolute Gasteiger partial charge is 0.296 e. The van der Waals surface area contributed by atoms with Crippen LogP contribution in [0.15, 0.2) is 24.3 Å². The van der Waals surface area contributed by atoms with Crippen LogP contribution in [-0.4, -0.2) is 19.0 Å². The van der Waals surface area contributed by atoms with Crippen LogP contribution in [0.4, 0.5) is 0 Å². The molecule has 1 rings (SSSR count). The molecule has 84 valence electrons. The average Bonchev–Trinajstić information content (AvgIpc) is 2.29. The molecule has 0 saturated carbocycles. The Balaban J connectivity index is 2.47. The average molecular weight is 216 g/mol. The third-order valence-electron chi connectivity index (χ3n) is 2.04. The molecule has 0 fully saturated rings. The summed E-state index contributed by atoms with van der Waals surface area (Å²) >= 11 is 0. The number of rotatable bonds is 3. The van der Waals surface area contributed by atoms with Crippen molar-refractivity contribution in [2.45, 2.75) is 13.3 Å². The summed E-state index contributed by atoms with van der Waals surface area (Å²) in [6.07, 6.45) is 0.776. The lowest BCUT2D eigenvalue weighted by atomic mass is 10.1. The molecule has 1 aromatic rings. The fourth-order valence-corrected chi connectivity index (χ4v) is 1.11. The van der Waals surface area contributed by atoms with Gasteiger partial charge in [-0.15, -0.1) is 0 Å². The van der Waals surface area contributed by atoms with Crippen molar-refractivity contribution in [3.05, 3.63) is 35.4 Å². The van der Waals surface area contributed by atoms with E-state index in [1.165, 1.54) is 5.56 Å². The van der Waals surface area contributed by atoms with Crippen LogP contribution in [0.2, 0.25) is 0 Å². The van der Waals surface area contributed by atoms with Gasteiger partial charge >= 0.3 is 0 Å². The Hall–Kier alpha value is -1.79. The zero-order valence-corrected chi connectivity index (χ0v) is 9.42. The van der Waals surface area contributed by atoms with Crippen LogP contribution in [-0.2, 0) is 4.79 Å². The lowest BCUT2D eigenvalue weighted by molar-refractivity contribution is -0.115. The van der Waals surface area contributed by atoms with E-state index in [9.17, 15) is 4.79 Å². The fourth-order valence-electron chi connectivity index (χ4n) is 1.11. The SMILES string of the molecule is Cc1ccc(C#CC(=O)NCCCN)cc1. The first-order valence-electron chi connectivity index (χ1n) is 5.29. The van der Waals surface area contributed by atoms with Gasteiger partial charge in [-0.3, -0.25) is 4.79 Å². The Morgan fingerprint density at radius 1 is 1.38 bits per heavy atom. The number of carbonyl (C=O) groups excluding carboxylic acids is 1. The number of hydrogen-bond donors (Lipinski definition) is 2. The minimum atomic E-state index is -0.256. The van der Waals surface area contributed by atoms with Crippen molar-refractivity contribution in [3.8, 4) is 11.8 Å². The first kappa shape index (κ1) is 12.3. The van der Waals surface area contributed by atoms with E-state index in [-0.39, 0.29) is 5.91 Å². The van der Waals surface area contributed by atoms with Crippen molar-refractivity contribution in [2.75, 3.05) is 13.1 Å². The van der Waals surface area contributed by atoms with E-state index in [2.05, 4.69) is 17.2 Å². The summed E-state index contributed by atoms with van der Waals surface area (Å²) in [5, 5.41) is 2.67. The Kier molecular flexibility index (Phi) is 5.10. The highest BCUT2D eigenvalue weighted by atomic mass is 16.1. The molecule has 0 aliphatic carbocycles. The van der Waals surface area contributed by atoms with E-state index < -0.39 is 0 Å². The number of nitrogens with one attached hydrogen (secondary N) is 1. The summed E-state index contributed by atoms with van der Waals surface area (Å²) in [5.41, 5.74) is 7.33. The molecule has 0 spiro atoms. The normalized spacial score (nSPS) is 9.12. The van der Waals surface area contributed by atoms with Crippen LogP contribution in [0, 0.1) is 18.8 Å². The molecule has 0 bridgehead atoms. The summed E-state index contributed by atoms with van der Waals surface area (Å²) in [7, 11) is 0. The lowest BCUT2D eigenvalue weighted by Crippen LogP contribution is -2.24. The zero-order valence-electron chi connectivity index (χ0n) is 9.42. The molecular weight excluding hydrogens is 200 g/mol. The van der Waals surface area contributed by atoms with Crippen LogP contribution < -0.4 is 11.1 Å². The van der Waals surface area contributed by atoms with E-state index in [0.717, 1.165) is 12.0 Å². The van der Waals surface area contributed by atoms with Crippen molar-refractivity contribution in [1.82, 2.24) is 5.32 Å². The molecule has 0 aliphatic heterocycles. The molecule has 3 N–H and O–H groups in total. The van der Waals surface area contributed by atoms with Crippen molar-refractivity contribution >= 4 is 5.91 Å². The predicted molar refractivity (Wildman–Crippen MR) is 64.7 cm³/mol. The third kappa shape index (κ3) is 4.63. The second-order valence-electron chi connectivity index (χ2n) is 3.51. The van der Waals surface area contributed by atoms with Gasteiger partial charge in [0.05, 0.1) is 0 Å². The van der Waals surface area contributed by atoms with Gasteiger partial charge in [0.1, 0.15) is 0 Å². The Bertz CT molecular complexity index is 398. The van der Waals surface area contributed by atoms with Crippen LogP contribution in [0.1, 0.15) is 17.5 Å². The molecule has 16 heavy (non-hydrogen) atoms. The summed E-state index contributed by atoms with van der Waals surface area (Å²) in [4.78, 5) is 11.2. The van der Waals surface area contributed by atoms with Gasteiger partial charge in [0.15, 0.2) is 0 Å². The van der Waals surface area contributed by atoms with Crippen LogP contribution >= 0.6 is 0 Å². The first-order valence-corrected chi connectivity index (χ1v) is 5.29. The molecule has 3 nitrogen and oxygen atoms in total. The van der Waals surface area contributed by atoms with Gasteiger partial charge in [0.25, 0.3) is 5.91 Å². The maximum absolute atomic E-state index is 11.2. The van der Waals surface area contributed by atoms with Gasteiger partial charge in [-0.05, 0) is 32.0 Å². The van der Waals surface area contributed by atoms with Crippen molar-refractivity contribution in [2.24, 2.45) is 5.73 Å². The molecule has 0 atom stereocenters. The van der Waals surface area contributed by atoms with Gasteiger partial charge in [-0.25, -0.2) is 0 Å². The topological polar surface area (TPSA) is 55.1 Å². The van der Waals surface area contributed by atoms with E-state index in [1.54, 1.807) is 0 Å². The minimum Gasteiger partial charge on any atom is -0.345 e. The highest BCUT2D eigenvalue weighted by molar-refractivity contribution is 5.94. The standard InChI is InChI=1S/C13H16N2O/c1-11-3-5-12(6-4-11)7-8-13(16)15-10-2-9-14/h3-6H,2,9-10,14H2,1H3,(H,15,16). The molecule has 0 heterocycles. The van der Waals surface area contributed by atoms with Gasteiger partial charge < -0.3 is 11.1 Å². The number of aryl methyl sites for hydroxylation is 1. The molecule has 1 aromatic carbocycles. The number of nitrogens with two attached hydrogens (primary N) is 1. The zero-order chi connectivity index (χ0) is 11.8. The maximum atomic E-state index is 11.2. The third-order valence-corrected chi connectivity index (χ3v) is 2.04. The second-order valence-corrected chi connectivity index (χ2v) is 3.51. The molecule has 1 amide bonds. The second kappa shape index (κ2) is 6.65. The molecule has 0 unspecified atom stereocenters. The monoisotopic (exact) mass is 216 g/mol. The van der Waals surface area contributed by atoms with E-state index in [0.29, 0.717) is 13.1 Å². The first-order chi connectivity index (χ1) is 7.72. The van der Waals surface area contributed by atoms with Gasteiger partial charge in [0, 0.05) is 18.0 Å². The molecule has 0 saturated heterocycles. The maximum Gasteiger partial charge on any atom is 0.296 e. The Morgan fingerprint density at radius 3 is 2.69 bits per heavy atom. The summed E-state index contributed by atoms with van der Waals surface area (Å²) in [6, 6.07) is 7.73. The summed E-state index contributed by atoms with van der Waals surface area (Å²) < 4.78 is 0. The minimum absolute atomic E-state index is 0.256. The Labute approximate surface area is 96.0 Å². The van der Waals surface area contributed by atoms with Crippen LogP contribution in [0.3, 0.4) is 0 Å². The number of amides is 1. The largest absolute Gasteiger partial charge is 0.345 e. The predicted octanol–water partition coefficient (Wildman–Crippen LogP) is 0.812. The molecular formula is C13H16N2O. The number of hydrogen-bond acceptors (Lipinski definition) is 2. The number of benzene rings is 1. The van der Waals surface area contributed by atoms with E-state index in [4.69, 9.17) is 5.73 Å². The highest BCUT2D eigenvalue weighted by Crippen LogP contribution is 2.00. The molecule has 0 aliphatic rings. The van der Waals surface area contributed by atoms with Gasteiger partial charge in [-0.2, -0.15) is 0 Å². The highest BCUT2D eigenvalue weighted by Gasteiger charge is 1.93. The quantitative estimate of drug-likeness (QED) is 0.580. The molecule has 3 heteroatoms. The lowest BCUT2D eigenvalue weighted by Gasteiger charge is -1.97. The van der Waals surface area contributed by atoms with E-state index in [1.807, 2.05) is 31.2 Å². The van der Waals surface area contributed by atoms with Crippen molar-refractivity contribution in [1.29, 1.82) is 0 Å². The fraction of sp³-hybridized carbons (Fsp3) is 0.308. The van der Waals surface area contributed by atoms with E-state index >= 15 is 0 Å². The van der Waals surface area contributed by atoms with Crippen LogP contribution in [0.25, 0.3) is 0 Å². The van der Waals surface area contributed by atoms with Crippen LogP contribution in [0.5, 0.6) is 0 Å². The summed E-state index contributed by atoms with van der Waals surface area (Å²) in [5.74, 6) is 5.09. The van der Waals surface area contributed by atoms with Gasteiger partial charge in [-0.1, -0.05) is 23.6 Å².